The summed E-state index contributed by atoms with van der Waals surface area (Å²) >= 11 is 0. The number of halogens is 6. The van der Waals surface area contributed by atoms with Gasteiger partial charge >= 0.3 is 12.2 Å². The summed E-state index contributed by atoms with van der Waals surface area (Å²) < 4.78 is 76.1. The van der Waals surface area contributed by atoms with Crippen molar-refractivity contribution in [1.82, 2.24) is 0 Å². The van der Waals surface area contributed by atoms with Crippen molar-refractivity contribution in [2.45, 2.75) is 31.7 Å². The van der Waals surface area contributed by atoms with Gasteiger partial charge in [0.25, 0.3) is 0 Å². The SMILES string of the molecule is C=C(F)C(F)(F)OC(F)(F)C(F)CC. The molecule has 0 fully saturated rings. The van der Waals surface area contributed by atoms with E-state index in [2.05, 4.69) is 11.3 Å². The van der Waals surface area contributed by atoms with Crippen molar-refractivity contribution in [2.24, 2.45) is 0 Å². The van der Waals surface area contributed by atoms with Crippen LogP contribution >= 0.6 is 0 Å². The highest BCUT2D eigenvalue weighted by Gasteiger charge is 2.51. The molecule has 0 aromatic rings. The van der Waals surface area contributed by atoms with Crippen molar-refractivity contribution in [1.29, 1.82) is 0 Å². The summed E-state index contributed by atoms with van der Waals surface area (Å²) in [5.41, 5.74) is 0. The van der Waals surface area contributed by atoms with E-state index in [1.807, 2.05) is 0 Å². The maximum atomic E-state index is 12.4. The van der Waals surface area contributed by atoms with Gasteiger partial charge in [0.2, 0.25) is 0 Å². The fourth-order valence-electron chi connectivity index (χ4n) is 0.528. The Labute approximate surface area is 76.3 Å². The highest BCUT2D eigenvalue weighted by atomic mass is 19.3. The lowest BCUT2D eigenvalue weighted by atomic mass is 10.3. The third-order valence-electron chi connectivity index (χ3n) is 1.30. The molecular weight excluding hydrogens is 214 g/mol. The topological polar surface area (TPSA) is 9.23 Å². The first kappa shape index (κ1) is 13.3. The number of rotatable bonds is 5. The molecule has 0 aromatic heterocycles. The minimum absolute atomic E-state index is 0.734. The first-order valence-corrected chi connectivity index (χ1v) is 3.58. The molecule has 0 saturated carbocycles. The summed E-state index contributed by atoms with van der Waals surface area (Å²) in [6.45, 7) is 3.10. The lowest BCUT2D eigenvalue weighted by Gasteiger charge is -2.24. The van der Waals surface area contributed by atoms with Crippen LogP contribution in [-0.2, 0) is 4.74 Å². The standard InChI is InChI=1S/C7H8F6O/c1-3-5(9)7(12,13)14-6(10,11)4(2)8/h5H,2-3H2,1H3. The Morgan fingerprint density at radius 1 is 1.36 bits per heavy atom. The molecule has 0 amide bonds. The summed E-state index contributed by atoms with van der Waals surface area (Å²) in [5.74, 6) is -2.40. The van der Waals surface area contributed by atoms with E-state index in [1.165, 1.54) is 0 Å². The predicted octanol–water partition coefficient (Wildman–Crippen LogP) is 3.42. The minimum atomic E-state index is -4.89. The van der Waals surface area contributed by atoms with Crippen LogP contribution in [0.4, 0.5) is 26.3 Å². The normalized spacial score (nSPS) is 15.4. The van der Waals surface area contributed by atoms with Crippen molar-refractivity contribution in [3.8, 4) is 0 Å². The molecule has 0 saturated heterocycles. The molecule has 0 aliphatic heterocycles. The molecule has 0 aliphatic carbocycles. The first-order chi connectivity index (χ1) is 6.13. The average Bonchev–Trinajstić information content (AvgIpc) is 2.00. The number of hydrogen-bond acceptors (Lipinski definition) is 1. The van der Waals surface area contributed by atoms with Gasteiger partial charge in [0, 0.05) is 0 Å². The molecule has 0 radical (unpaired) electrons. The van der Waals surface area contributed by atoms with Crippen LogP contribution in [0, 0.1) is 0 Å². The second kappa shape index (κ2) is 4.20. The number of ether oxygens (including phenoxy) is 1. The van der Waals surface area contributed by atoms with E-state index in [0.29, 0.717) is 0 Å². The zero-order chi connectivity index (χ0) is 11.6. The van der Waals surface area contributed by atoms with Crippen molar-refractivity contribution in [2.75, 3.05) is 0 Å². The van der Waals surface area contributed by atoms with Gasteiger partial charge in [-0.3, -0.25) is 0 Å². The van der Waals surface area contributed by atoms with Gasteiger partial charge in [-0.15, -0.1) is 0 Å². The third kappa shape index (κ3) is 3.21. The van der Waals surface area contributed by atoms with Crippen molar-refractivity contribution in [3.63, 3.8) is 0 Å². The van der Waals surface area contributed by atoms with Crippen LogP contribution in [0.2, 0.25) is 0 Å². The minimum Gasteiger partial charge on any atom is -0.247 e. The molecule has 0 rings (SSSR count). The van der Waals surface area contributed by atoms with Crippen LogP contribution in [0.1, 0.15) is 13.3 Å². The van der Waals surface area contributed by atoms with Gasteiger partial charge in [-0.05, 0) is 6.42 Å². The summed E-state index contributed by atoms with van der Waals surface area (Å²) in [5, 5.41) is 0. The maximum Gasteiger partial charge on any atom is 0.413 e. The van der Waals surface area contributed by atoms with Gasteiger partial charge in [0.1, 0.15) is 0 Å². The molecule has 1 unspecified atom stereocenters. The van der Waals surface area contributed by atoms with Crippen LogP contribution in [0.25, 0.3) is 0 Å². The molecule has 0 aliphatic rings. The Balaban J connectivity index is 4.57. The molecule has 1 atom stereocenters. The molecule has 84 valence electrons. The van der Waals surface area contributed by atoms with Crippen LogP contribution in [-0.4, -0.2) is 18.4 Å². The molecule has 14 heavy (non-hydrogen) atoms. The fourth-order valence-corrected chi connectivity index (χ4v) is 0.528. The first-order valence-electron chi connectivity index (χ1n) is 3.58. The van der Waals surface area contributed by atoms with E-state index in [1.54, 1.807) is 0 Å². The Hall–Kier alpha value is -0.720. The Kier molecular flexibility index (Phi) is 3.99. The molecule has 7 heteroatoms. The second-order valence-electron chi connectivity index (χ2n) is 2.46. The molecule has 0 N–H and O–H groups in total. The number of hydrogen-bond donors (Lipinski definition) is 0. The van der Waals surface area contributed by atoms with Gasteiger partial charge in [0.15, 0.2) is 12.0 Å². The van der Waals surface area contributed by atoms with E-state index in [-0.39, 0.29) is 0 Å². The second-order valence-corrected chi connectivity index (χ2v) is 2.46. The Morgan fingerprint density at radius 2 is 1.79 bits per heavy atom. The average molecular weight is 222 g/mol. The lowest BCUT2D eigenvalue weighted by molar-refractivity contribution is -0.381. The van der Waals surface area contributed by atoms with Crippen LogP contribution in [0.3, 0.4) is 0 Å². The van der Waals surface area contributed by atoms with Gasteiger partial charge in [-0.1, -0.05) is 13.5 Å². The molecule has 0 aromatic carbocycles. The molecule has 1 nitrogen and oxygen atoms in total. The van der Waals surface area contributed by atoms with Crippen molar-refractivity contribution in [3.05, 3.63) is 12.4 Å². The molecule has 0 bridgehead atoms. The van der Waals surface area contributed by atoms with E-state index in [9.17, 15) is 26.3 Å². The van der Waals surface area contributed by atoms with Gasteiger partial charge in [-0.2, -0.15) is 17.6 Å². The lowest BCUT2D eigenvalue weighted by Crippen LogP contribution is -2.40. The van der Waals surface area contributed by atoms with Gasteiger partial charge < -0.3 is 0 Å². The van der Waals surface area contributed by atoms with Gasteiger partial charge in [0.05, 0.1) is 0 Å². The van der Waals surface area contributed by atoms with Crippen molar-refractivity contribution < 1.29 is 31.1 Å². The summed E-state index contributed by atoms with van der Waals surface area (Å²) in [6.07, 6.45) is -13.3. The van der Waals surface area contributed by atoms with Gasteiger partial charge in [-0.25, -0.2) is 13.5 Å². The van der Waals surface area contributed by atoms with E-state index in [4.69, 9.17) is 0 Å². The van der Waals surface area contributed by atoms with E-state index < -0.39 is 30.6 Å². The molecule has 0 heterocycles. The summed E-state index contributed by atoms with van der Waals surface area (Å²) in [6, 6.07) is 0. The molecule has 0 spiro atoms. The Bertz CT molecular complexity index is 214. The quantitative estimate of drug-likeness (QED) is 0.647. The maximum absolute atomic E-state index is 12.4. The predicted molar refractivity (Wildman–Crippen MR) is 36.4 cm³/mol. The highest BCUT2D eigenvalue weighted by molar-refractivity contribution is 4.91. The fraction of sp³-hybridized carbons (Fsp3) is 0.714. The largest absolute Gasteiger partial charge is 0.413 e. The number of alkyl halides is 5. The summed E-state index contributed by atoms with van der Waals surface area (Å²) in [4.78, 5) is 0. The zero-order valence-corrected chi connectivity index (χ0v) is 7.17. The Morgan fingerprint density at radius 3 is 2.07 bits per heavy atom. The highest BCUT2D eigenvalue weighted by Crippen LogP contribution is 2.36. The zero-order valence-electron chi connectivity index (χ0n) is 7.17. The van der Waals surface area contributed by atoms with Crippen LogP contribution < -0.4 is 0 Å². The third-order valence-corrected chi connectivity index (χ3v) is 1.30. The molecular formula is C7H8F6O. The van der Waals surface area contributed by atoms with E-state index in [0.717, 1.165) is 6.92 Å². The smallest absolute Gasteiger partial charge is 0.247 e. The summed E-state index contributed by atoms with van der Waals surface area (Å²) in [7, 11) is 0. The monoisotopic (exact) mass is 222 g/mol. The van der Waals surface area contributed by atoms with Crippen LogP contribution in [0.15, 0.2) is 12.4 Å². The van der Waals surface area contributed by atoms with Crippen molar-refractivity contribution >= 4 is 0 Å². The van der Waals surface area contributed by atoms with Crippen LogP contribution in [0.5, 0.6) is 0 Å². The van der Waals surface area contributed by atoms with E-state index >= 15 is 0 Å².